The number of hydrogen-bond donors (Lipinski definition) is 5. The zero-order valence-corrected chi connectivity index (χ0v) is 16.9. The number of sulfonamides is 1. The van der Waals surface area contributed by atoms with Gasteiger partial charge in [0.05, 0.1) is 16.6 Å². The van der Waals surface area contributed by atoms with E-state index in [1.54, 1.807) is 43.3 Å². The molecule has 8 N–H and O–H groups in total. The van der Waals surface area contributed by atoms with E-state index < -0.39 is 16.1 Å². The average molecular weight is 419 g/mol. The number of amides is 1. The lowest BCUT2D eigenvalue weighted by molar-refractivity contribution is -0.117. The highest BCUT2D eigenvalue weighted by molar-refractivity contribution is 7.92. The fourth-order valence-electron chi connectivity index (χ4n) is 2.51. The van der Waals surface area contributed by atoms with Crippen molar-refractivity contribution in [2.75, 3.05) is 16.6 Å². The summed E-state index contributed by atoms with van der Waals surface area (Å²) in [4.78, 5) is 16.3. The maximum Gasteiger partial charge on any atom is 0.261 e. The number of anilines is 2. The van der Waals surface area contributed by atoms with Gasteiger partial charge in [0, 0.05) is 12.2 Å². The Morgan fingerprint density at radius 3 is 2.48 bits per heavy atom. The zero-order valence-electron chi connectivity index (χ0n) is 16.1. The van der Waals surface area contributed by atoms with E-state index in [0.29, 0.717) is 30.8 Å². The van der Waals surface area contributed by atoms with Gasteiger partial charge < -0.3 is 22.5 Å². The molecule has 29 heavy (non-hydrogen) atoms. The Kier molecular flexibility index (Phi) is 7.57. The first kappa shape index (κ1) is 22.2. The van der Waals surface area contributed by atoms with Crippen molar-refractivity contribution in [1.29, 1.82) is 0 Å². The number of guanidine groups is 1. The van der Waals surface area contributed by atoms with E-state index in [1.807, 2.05) is 0 Å². The summed E-state index contributed by atoms with van der Waals surface area (Å²) < 4.78 is 27.5. The minimum Gasteiger partial charge on any atom is -0.370 e. The molecule has 0 fully saturated rings. The first-order valence-electron chi connectivity index (χ1n) is 8.99. The Hall–Kier alpha value is -3.11. The molecule has 0 heterocycles. The number of nitrogens with two attached hydrogens (primary N) is 3. The lowest BCUT2D eigenvalue weighted by Gasteiger charge is -2.15. The van der Waals surface area contributed by atoms with Crippen LogP contribution in [0.3, 0.4) is 0 Å². The monoisotopic (exact) mass is 418 g/mol. The lowest BCUT2D eigenvalue weighted by atomic mass is 10.1. The van der Waals surface area contributed by atoms with Crippen LogP contribution < -0.4 is 27.2 Å². The van der Waals surface area contributed by atoms with Crippen molar-refractivity contribution in [2.45, 2.75) is 30.7 Å². The number of rotatable bonds is 9. The van der Waals surface area contributed by atoms with Gasteiger partial charge in [0.1, 0.15) is 0 Å². The predicted molar refractivity (Wildman–Crippen MR) is 115 cm³/mol. The van der Waals surface area contributed by atoms with E-state index in [0.717, 1.165) is 5.56 Å². The Labute approximate surface area is 170 Å². The second-order valence-corrected chi connectivity index (χ2v) is 8.18. The van der Waals surface area contributed by atoms with Crippen LogP contribution in [-0.4, -0.2) is 32.9 Å². The number of benzene rings is 2. The first-order valence-corrected chi connectivity index (χ1v) is 10.5. The van der Waals surface area contributed by atoms with Crippen molar-refractivity contribution in [3.63, 3.8) is 0 Å². The summed E-state index contributed by atoms with van der Waals surface area (Å²) >= 11 is 0. The fourth-order valence-corrected chi connectivity index (χ4v) is 3.58. The molecule has 10 heteroatoms. The van der Waals surface area contributed by atoms with Crippen LogP contribution in [0.15, 0.2) is 58.4 Å². The summed E-state index contributed by atoms with van der Waals surface area (Å²) in [5.41, 5.74) is 18.0. The number of aliphatic imine (C=N–C) groups is 1. The van der Waals surface area contributed by atoms with Gasteiger partial charge in [0.15, 0.2) is 5.96 Å². The highest BCUT2D eigenvalue weighted by atomic mass is 32.2. The van der Waals surface area contributed by atoms with Gasteiger partial charge in [-0.1, -0.05) is 24.3 Å². The first-order chi connectivity index (χ1) is 13.7. The van der Waals surface area contributed by atoms with Gasteiger partial charge in [-0.25, -0.2) is 8.42 Å². The molecule has 0 saturated carbocycles. The third-order valence-corrected chi connectivity index (χ3v) is 5.50. The smallest absolute Gasteiger partial charge is 0.261 e. The van der Waals surface area contributed by atoms with E-state index in [1.165, 1.54) is 12.1 Å². The quantitative estimate of drug-likeness (QED) is 0.232. The number of hydrogen-bond acceptors (Lipinski definition) is 5. The van der Waals surface area contributed by atoms with Gasteiger partial charge >= 0.3 is 0 Å². The summed E-state index contributed by atoms with van der Waals surface area (Å²) in [6.45, 7) is 2.19. The highest BCUT2D eigenvalue weighted by Gasteiger charge is 2.17. The summed E-state index contributed by atoms with van der Waals surface area (Å²) in [5, 5.41) is 2.74. The van der Waals surface area contributed by atoms with Crippen molar-refractivity contribution in [3.05, 3.63) is 54.1 Å². The molecule has 0 aromatic heterocycles. The minimum atomic E-state index is -3.73. The summed E-state index contributed by atoms with van der Waals surface area (Å²) in [6, 6.07) is 12.2. The van der Waals surface area contributed by atoms with Crippen molar-refractivity contribution in [2.24, 2.45) is 22.2 Å². The normalized spacial score (nSPS) is 12.1. The van der Waals surface area contributed by atoms with Crippen LogP contribution in [-0.2, 0) is 14.8 Å². The molecule has 2 aromatic carbocycles. The second kappa shape index (κ2) is 9.89. The van der Waals surface area contributed by atoms with Gasteiger partial charge in [-0.05, 0) is 49.6 Å². The molecule has 2 rings (SSSR count). The van der Waals surface area contributed by atoms with Gasteiger partial charge in [0.2, 0.25) is 5.91 Å². The molecule has 1 atom stereocenters. The molecule has 0 radical (unpaired) electrons. The number of nitrogens with one attached hydrogen (secondary N) is 2. The topological polar surface area (TPSA) is 166 Å². The van der Waals surface area contributed by atoms with Crippen LogP contribution in [0.25, 0.3) is 0 Å². The van der Waals surface area contributed by atoms with E-state index in [4.69, 9.17) is 17.2 Å². The summed E-state index contributed by atoms with van der Waals surface area (Å²) in [6.07, 6.45) is 0.963. The van der Waals surface area contributed by atoms with E-state index in [9.17, 15) is 13.2 Å². The maximum atomic E-state index is 12.5. The molecule has 0 aliphatic carbocycles. The Balaban J connectivity index is 2.05. The van der Waals surface area contributed by atoms with Crippen molar-refractivity contribution in [3.8, 4) is 0 Å². The third-order valence-electron chi connectivity index (χ3n) is 4.11. The van der Waals surface area contributed by atoms with Crippen LogP contribution in [0.1, 0.15) is 18.4 Å². The molecule has 0 aliphatic heterocycles. The lowest BCUT2D eigenvalue weighted by Crippen LogP contribution is -2.36. The number of carbonyl (C=O) groups excluding carboxylic acids is 1. The number of nitrogens with zero attached hydrogens (tertiary/aromatic N) is 1. The summed E-state index contributed by atoms with van der Waals surface area (Å²) in [5.74, 6) is -0.380. The predicted octanol–water partition coefficient (Wildman–Crippen LogP) is 1.12. The molecule has 0 bridgehead atoms. The van der Waals surface area contributed by atoms with Gasteiger partial charge in [0.25, 0.3) is 10.0 Å². The molecule has 0 saturated heterocycles. The van der Waals surface area contributed by atoms with Gasteiger partial charge in [-0.3, -0.25) is 14.5 Å². The van der Waals surface area contributed by atoms with E-state index in [-0.39, 0.29) is 16.8 Å². The molecule has 0 unspecified atom stereocenters. The molecule has 156 valence electrons. The standard InChI is InChI=1S/C19H26N6O3S/c1-13-9-10-14(25-29(27,28)15-6-3-2-4-7-15)12-17(13)24-18(26)16(20)8-5-11-23-19(21)22/h2-4,6-7,9-10,12,16,25H,5,8,11,20H2,1H3,(H,24,26)(H4,21,22,23)/t16-/m0/s1. The molecular formula is C19H26N6O3S. The fraction of sp³-hybridized carbons (Fsp3) is 0.263. The Bertz CT molecular complexity index is 973. The van der Waals surface area contributed by atoms with E-state index in [2.05, 4.69) is 15.0 Å². The maximum absolute atomic E-state index is 12.5. The highest BCUT2D eigenvalue weighted by Crippen LogP contribution is 2.23. The Morgan fingerprint density at radius 1 is 1.14 bits per heavy atom. The second-order valence-electron chi connectivity index (χ2n) is 6.49. The van der Waals surface area contributed by atoms with Gasteiger partial charge in [-0.2, -0.15) is 0 Å². The van der Waals surface area contributed by atoms with Crippen LogP contribution in [0.5, 0.6) is 0 Å². The van der Waals surface area contributed by atoms with Crippen LogP contribution >= 0.6 is 0 Å². The van der Waals surface area contributed by atoms with Crippen LogP contribution in [0.2, 0.25) is 0 Å². The summed E-state index contributed by atoms with van der Waals surface area (Å²) in [7, 11) is -3.73. The van der Waals surface area contributed by atoms with Crippen molar-refractivity contribution < 1.29 is 13.2 Å². The molecule has 0 aliphatic rings. The molecule has 0 spiro atoms. The molecule has 1 amide bonds. The van der Waals surface area contributed by atoms with E-state index >= 15 is 0 Å². The SMILES string of the molecule is Cc1ccc(NS(=O)(=O)c2ccccc2)cc1NC(=O)[C@@H](N)CCCN=C(N)N. The molecular weight excluding hydrogens is 392 g/mol. The van der Waals surface area contributed by atoms with Crippen molar-refractivity contribution >= 4 is 33.3 Å². The third kappa shape index (κ3) is 6.77. The zero-order chi connectivity index (χ0) is 21.4. The Morgan fingerprint density at radius 2 is 1.83 bits per heavy atom. The largest absolute Gasteiger partial charge is 0.370 e. The minimum absolute atomic E-state index is 0.00609. The van der Waals surface area contributed by atoms with Crippen molar-refractivity contribution in [1.82, 2.24) is 0 Å². The van der Waals surface area contributed by atoms with Crippen LogP contribution in [0.4, 0.5) is 11.4 Å². The average Bonchev–Trinajstić information content (AvgIpc) is 2.68. The molecule has 2 aromatic rings. The number of aryl methyl sites for hydroxylation is 1. The van der Waals surface area contributed by atoms with Crippen LogP contribution in [0, 0.1) is 6.92 Å². The molecule has 9 nitrogen and oxygen atoms in total. The van der Waals surface area contributed by atoms with Gasteiger partial charge in [-0.15, -0.1) is 0 Å². The number of carbonyl (C=O) groups is 1.